The van der Waals surface area contributed by atoms with Gasteiger partial charge in [0.25, 0.3) is 10.3 Å². The molecule has 0 heterocycles. The summed E-state index contributed by atoms with van der Waals surface area (Å²) in [7, 11) is 0. The Hall–Kier alpha value is 0.780. The number of hydrogen-bond donors (Lipinski definition) is 0. The summed E-state index contributed by atoms with van der Waals surface area (Å²) in [5.74, 6) is 0. The van der Waals surface area contributed by atoms with Crippen LogP contribution < -0.4 is 0 Å². The van der Waals surface area contributed by atoms with Crippen molar-refractivity contribution in [2.75, 3.05) is 0 Å². The smallest absolute Gasteiger partial charge is 0.223 e. The maximum Gasteiger partial charge on any atom is 0.282 e. The van der Waals surface area contributed by atoms with E-state index >= 15 is 0 Å². The van der Waals surface area contributed by atoms with Gasteiger partial charge in [-0.25, -0.2) is 9.69 Å². The molecule has 0 aliphatic heterocycles. The van der Waals surface area contributed by atoms with Gasteiger partial charge in [-0.15, -0.1) is 48.0 Å². The number of rotatable bonds is 0. The minimum Gasteiger partial charge on any atom is -0.223 e. The van der Waals surface area contributed by atoms with Crippen LogP contribution in [0, 0.1) is 13.1 Å². The molecule has 10 heteroatoms. The Morgan fingerprint density at radius 3 is 0.812 bits per heavy atom. The Balaban J connectivity index is -0.0000000800. The topological polar surface area (TPSA) is 8.72 Å². The van der Waals surface area contributed by atoms with Crippen LogP contribution in [0.3, 0.4) is 0 Å². The number of hydrogen-bond acceptors (Lipinski definition) is 0. The molecule has 0 aliphatic rings. The summed E-state index contributed by atoms with van der Waals surface area (Å²) in [5, 5.41) is -0.383. The van der Waals surface area contributed by atoms with Crippen molar-refractivity contribution in [1.29, 1.82) is 0 Å². The molecule has 92 valence electrons. The van der Waals surface area contributed by atoms with Gasteiger partial charge in [0, 0.05) is 0 Å². The van der Waals surface area contributed by atoms with Crippen LogP contribution in [0.4, 0.5) is 0 Å². The average Bonchev–Trinajstić information content (AvgIpc) is 2.15. The predicted octanol–water partition coefficient (Wildman–Crippen LogP) is 6.34. The molecular formula is C6H2Cl8N2. The van der Waals surface area contributed by atoms with Crippen LogP contribution in [0.1, 0.15) is 0 Å². The zero-order chi connectivity index (χ0) is 11.7. The first-order chi connectivity index (χ1) is 6.36. The van der Waals surface area contributed by atoms with Crippen molar-refractivity contribution >= 4 is 94.4 Å². The van der Waals surface area contributed by atoms with Crippen molar-refractivity contribution in [2.24, 2.45) is 0 Å². The summed E-state index contributed by atoms with van der Waals surface area (Å²) < 4.78 is -0.367. The first kappa shape index (κ1) is 25.6. The van der Waals surface area contributed by atoms with Gasteiger partial charge in [0.05, 0.1) is 13.1 Å². The SMILES string of the molecule is Cl.Cl.[C-]#[N+]C(Cl)=C(Cl)Cl.[C-]#[N+]C(Cl)=C(Cl)Cl. The molecule has 0 spiro atoms. The van der Waals surface area contributed by atoms with Gasteiger partial charge in [-0.05, 0) is 0 Å². The molecule has 2 nitrogen and oxygen atoms in total. The van der Waals surface area contributed by atoms with E-state index in [0.29, 0.717) is 0 Å². The highest BCUT2D eigenvalue weighted by Gasteiger charge is 1.93. The van der Waals surface area contributed by atoms with Gasteiger partial charge < -0.3 is 0 Å². The highest BCUT2D eigenvalue weighted by molar-refractivity contribution is 6.60. The van der Waals surface area contributed by atoms with Gasteiger partial charge in [0.2, 0.25) is 0 Å². The fraction of sp³-hybridized carbons (Fsp3) is 0. The van der Waals surface area contributed by atoms with Crippen molar-refractivity contribution in [2.45, 2.75) is 0 Å². The summed E-state index contributed by atoms with van der Waals surface area (Å²) in [4.78, 5) is 5.44. The molecule has 0 radical (unpaired) electrons. The zero-order valence-electron chi connectivity index (χ0n) is 6.98. The van der Waals surface area contributed by atoms with Crippen molar-refractivity contribution < 1.29 is 0 Å². The second kappa shape index (κ2) is 15.8. The molecule has 0 rings (SSSR count). The maximum absolute atomic E-state index is 6.21. The van der Waals surface area contributed by atoms with Gasteiger partial charge in [0.15, 0.2) is 0 Å². The van der Waals surface area contributed by atoms with E-state index < -0.39 is 0 Å². The molecular weight excluding hydrogens is 384 g/mol. The van der Waals surface area contributed by atoms with Crippen molar-refractivity contribution in [1.82, 2.24) is 0 Å². The fourth-order valence-electron chi connectivity index (χ4n) is 0.0845. The van der Waals surface area contributed by atoms with E-state index in [4.69, 9.17) is 82.7 Å². The van der Waals surface area contributed by atoms with Crippen LogP contribution in [0.15, 0.2) is 19.3 Å². The molecule has 0 N–H and O–H groups in total. The summed E-state index contributed by atoms with van der Waals surface area (Å²) in [6, 6.07) is 0. The fourth-order valence-corrected chi connectivity index (χ4v) is 0.254. The summed E-state index contributed by atoms with van der Waals surface area (Å²) in [5.41, 5.74) is 0. The first-order valence-electron chi connectivity index (χ1n) is 2.53. The van der Waals surface area contributed by atoms with Gasteiger partial charge >= 0.3 is 0 Å². The largest absolute Gasteiger partial charge is 0.282 e. The molecule has 0 saturated carbocycles. The lowest BCUT2D eigenvalue weighted by Gasteiger charge is -1.77. The minimum atomic E-state index is -0.191. The quantitative estimate of drug-likeness (QED) is 0.340. The monoisotopic (exact) mass is 382 g/mol. The molecule has 0 bridgehead atoms. The maximum atomic E-state index is 6.21. The third-order valence-electron chi connectivity index (χ3n) is 0.508. The highest BCUT2D eigenvalue weighted by Crippen LogP contribution is 2.18. The average molecular weight is 386 g/mol. The van der Waals surface area contributed by atoms with E-state index in [1.165, 1.54) is 0 Å². The Labute approximate surface area is 136 Å². The number of halogens is 8. The lowest BCUT2D eigenvalue weighted by molar-refractivity contribution is 1.94. The molecule has 0 fully saturated rings. The zero-order valence-corrected chi connectivity index (χ0v) is 13.1. The van der Waals surface area contributed by atoms with Crippen molar-refractivity contribution in [3.63, 3.8) is 0 Å². The summed E-state index contributed by atoms with van der Waals surface area (Å²) >= 11 is 30.2. The van der Waals surface area contributed by atoms with Gasteiger partial charge in [-0.1, -0.05) is 46.4 Å². The Morgan fingerprint density at radius 1 is 0.625 bits per heavy atom. The Kier molecular flexibility index (Phi) is 25.2. The minimum absolute atomic E-state index is 0. The van der Waals surface area contributed by atoms with Crippen LogP contribution >= 0.6 is 94.4 Å². The lowest BCUT2D eigenvalue weighted by atomic mass is 11.0. The standard InChI is InChI=1S/2C3Cl3N.2ClH/c2*1-7-3(6)2(4)5;;/h;;2*1H. The lowest BCUT2D eigenvalue weighted by Crippen LogP contribution is -1.54. The van der Waals surface area contributed by atoms with E-state index in [9.17, 15) is 0 Å². The van der Waals surface area contributed by atoms with E-state index in [-0.39, 0.29) is 44.1 Å². The van der Waals surface area contributed by atoms with Gasteiger partial charge in [0.1, 0.15) is 8.98 Å². The molecule has 0 amide bonds. The normalized spacial score (nSPS) is 6.25. The molecule has 0 aliphatic carbocycles. The second-order valence-corrected chi connectivity index (χ2v) is 3.94. The van der Waals surface area contributed by atoms with Crippen LogP contribution in [-0.4, -0.2) is 0 Å². The van der Waals surface area contributed by atoms with Gasteiger partial charge in [-0.3, -0.25) is 0 Å². The second-order valence-electron chi connectivity index (χ2n) is 1.33. The van der Waals surface area contributed by atoms with Gasteiger partial charge in [-0.2, -0.15) is 0 Å². The van der Waals surface area contributed by atoms with E-state index in [1.54, 1.807) is 0 Å². The molecule has 0 aromatic carbocycles. The third kappa shape index (κ3) is 17.2. The first-order valence-corrected chi connectivity index (χ1v) is 4.80. The molecule has 0 unspecified atom stereocenters. The molecule has 0 saturated heterocycles. The number of nitrogens with zero attached hydrogens (tertiary/aromatic N) is 2. The van der Waals surface area contributed by atoms with E-state index in [0.717, 1.165) is 0 Å². The van der Waals surface area contributed by atoms with E-state index in [1.807, 2.05) is 0 Å². The molecule has 0 atom stereocenters. The van der Waals surface area contributed by atoms with Crippen molar-refractivity contribution in [3.8, 4) is 0 Å². The Morgan fingerprint density at radius 2 is 0.812 bits per heavy atom. The molecule has 0 aromatic rings. The van der Waals surface area contributed by atoms with Crippen LogP contribution in [-0.2, 0) is 0 Å². The third-order valence-corrected chi connectivity index (χ3v) is 2.16. The van der Waals surface area contributed by atoms with Crippen molar-refractivity contribution in [3.05, 3.63) is 42.1 Å². The predicted molar refractivity (Wildman–Crippen MR) is 76.9 cm³/mol. The summed E-state index contributed by atoms with van der Waals surface area (Å²) in [6.45, 7) is 12.4. The highest BCUT2D eigenvalue weighted by atomic mass is 35.5. The van der Waals surface area contributed by atoms with Crippen LogP contribution in [0.25, 0.3) is 9.69 Å². The molecule has 0 aromatic heterocycles. The summed E-state index contributed by atoms with van der Waals surface area (Å²) in [6.07, 6.45) is 0. The Bertz CT molecular complexity index is 291. The van der Waals surface area contributed by atoms with E-state index in [2.05, 4.69) is 9.69 Å². The van der Waals surface area contributed by atoms with Crippen LogP contribution in [0.5, 0.6) is 0 Å². The van der Waals surface area contributed by atoms with Crippen LogP contribution in [0.2, 0.25) is 0 Å². The molecule has 16 heavy (non-hydrogen) atoms.